The summed E-state index contributed by atoms with van der Waals surface area (Å²) in [6.07, 6.45) is 0.986. The van der Waals surface area contributed by atoms with E-state index in [0.29, 0.717) is 0 Å². The topological polar surface area (TPSA) is 107 Å². The molecule has 1 aromatic rings. The second-order valence-corrected chi connectivity index (χ2v) is 5.44. The predicted molar refractivity (Wildman–Crippen MR) is 60.7 cm³/mol. The number of carboxylic acid groups (broad SMARTS) is 1. The van der Waals surface area contributed by atoms with E-state index in [-0.39, 0.29) is 16.2 Å². The third-order valence-electron chi connectivity index (χ3n) is 2.22. The molecular weight excluding hydrogens is 246 g/mol. The van der Waals surface area contributed by atoms with E-state index in [0.717, 1.165) is 6.26 Å². The molecule has 0 aromatic heterocycles. The van der Waals surface area contributed by atoms with Gasteiger partial charge in [0.2, 0.25) is 0 Å². The van der Waals surface area contributed by atoms with Crippen LogP contribution in [-0.2, 0) is 14.6 Å². The molecule has 0 radical (unpaired) electrons. The number of hydrogen-bond donors (Lipinski definition) is 2. The molecule has 1 aromatic carbocycles. The van der Waals surface area contributed by atoms with E-state index in [1.165, 1.54) is 25.3 Å². The van der Waals surface area contributed by atoms with Crippen molar-refractivity contribution in [2.45, 2.75) is 10.9 Å². The van der Waals surface area contributed by atoms with Gasteiger partial charge in [-0.1, -0.05) is 6.07 Å². The van der Waals surface area contributed by atoms with Crippen molar-refractivity contribution in [3.63, 3.8) is 0 Å². The van der Waals surface area contributed by atoms with Crippen LogP contribution in [0.4, 0.5) is 0 Å². The molecular formula is C10H13NO5S. The predicted octanol–water partition coefficient (Wildman–Crippen LogP) is 0.183. The lowest BCUT2D eigenvalue weighted by Crippen LogP contribution is -2.23. The summed E-state index contributed by atoms with van der Waals surface area (Å²) in [7, 11) is -2.25. The largest absolute Gasteiger partial charge is 0.496 e. The number of nitrogens with two attached hydrogens (primary N) is 1. The molecule has 1 atom stereocenters. The monoisotopic (exact) mass is 259 g/mol. The summed E-state index contributed by atoms with van der Waals surface area (Å²) in [6, 6.07) is 2.78. The van der Waals surface area contributed by atoms with Crippen molar-refractivity contribution in [1.82, 2.24) is 0 Å². The molecule has 1 unspecified atom stereocenters. The first-order chi connectivity index (χ1) is 7.79. The van der Waals surface area contributed by atoms with Gasteiger partial charge in [-0.15, -0.1) is 0 Å². The van der Waals surface area contributed by atoms with Crippen LogP contribution in [0.15, 0.2) is 23.1 Å². The Morgan fingerprint density at radius 1 is 1.47 bits per heavy atom. The van der Waals surface area contributed by atoms with Gasteiger partial charge in [0.05, 0.1) is 12.0 Å². The summed E-state index contributed by atoms with van der Waals surface area (Å²) in [5, 5.41) is 8.87. The third kappa shape index (κ3) is 2.75. The Kier molecular flexibility index (Phi) is 3.74. The van der Waals surface area contributed by atoms with Crippen molar-refractivity contribution < 1.29 is 23.1 Å². The summed E-state index contributed by atoms with van der Waals surface area (Å²) in [5.74, 6) is -1.18. The van der Waals surface area contributed by atoms with Gasteiger partial charge >= 0.3 is 5.97 Å². The summed E-state index contributed by atoms with van der Waals surface area (Å²) < 4.78 is 28.0. The lowest BCUT2D eigenvalue weighted by Gasteiger charge is -2.15. The van der Waals surface area contributed by atoms with E-state index in [4.69, 9.17) is 15.6 Å². The van der Waals surface area contributed by atoms with E-state index in [9.17, 15) is 13.2 Å². The fourth-order valence-corrected chi connectivity index (χ4v) is 2.41. The van der Waals surface area contributed by atoms with E-state index in [1.54, 1.807) is 0 Å². The van der Waals surface area contributed by atoms with Gasteiger partial charge < -0.3 is 15.6 Å². The molecule has 0 heterocycles. The highest BCUT2D eigenvalue weighted by molar-refractivity contribution is 7.90. The normalized spacial score (nSPS) is 13.1. The number of methoxy groups -OCH3 is 1. The lowest BCUT2D eigenvalue weighted by atomic mass is 10.1. The number of aliphatic carboxylic acids is 1. The zero-order chi connectivity index (χ0) is 13.2. The molecule has 94 valence electrons. The molecule has 0 spiro atoms. The van der Waals surface area contributed by atoms with Crippen molar-refractivity contribution in [2.75, 3.05) is 13.4 Å². The average Bonchev–Trinajstić information content (AvgIpc) is 2.25. The maximum atomic E-state index is 11.5. The Hall–Kier alpha value is -1.60. The average molecular weight is 259 g/mol. The minimum absolute atomic E-state index is 0.0370. The molecule has 7 heteroatoms. The van der Waals surface area contributed by atoms with Crippen LogP contribution < -0.4 is 10.5 Å². The van der Waals surface area contributed by atoms with E-state index in [1.807, 2.05) is 0 Å². The van der Waals surface area contributed by atoms with Gasteiger partial charge in [-0.25, -0.2) is 8.42 Å². The van der Waals surface area contributed by atoms with E-state index >= 15 is 0 Å². The second-order valence-electron chi connectivity index (χ2n) is 3.46. The van der Waals surface area contributed by atoms with Gasteiger partial charge in [0.15, 0.2) is 9.84 Å². The Morgan fingerprint density at radius 3 is 2.47 bits per heavy atom. The van der Waals surface area contributed by atoms with Crippen molar-refractivity contribution in [3.05, 3.63) is 23.8 Å². The maximum absolute atomic E-state index is 11.5. The number of carboxylic acids is 1. The number of hydrogen-bond acceptors (Lipinski definition) is 5. The van der Waals surface area contributed by atoms with Crippen molar-refractivity contribution >= 4 is 15.8 Å². The van der Waals surface area contributed by atoms with Gasteiger partial charge in [0.1, 0.15) is 11.8 Å². The number of ether oxygens (including phenoxy) is 1. The highest BCUT2D eigenvalue weighted by Gasteiger charge is 2.26. The molecule has 0 fully saturated rings. The fourth-order valence-electron chi connectivity index (χ4n) is 1.46. The Morgan fingerprint density at radius 2 is 2.06 bits per heavy atom. The van der Waals surface area contributed by atoms with Crippen LogP contribution >= 0.6 is 0 Å². The van der Waals surface area contributed by atoms with Crippen LogP contribution in [-0.4, -0.2) is 32.9 Å². The molecule has 3 N–H and O–H groups in total. The molecule has 0 aliphatic heterocycles. The van der Waals surface area contributed by atoms with Crippen molar-refractivity contribution in [1.29, 1.82) is 0 Å². The quantitative estimate of drug-likeness (QED) is 0.799. The molecule has 0 saturated heterocycles. The fraction of sp³-hybridized carbons (Fsp3) is 0.300. The van der Waals surface area contributed by atoms with E-state index in [2.05, 4.69) is 0 Å². The molecule has 1 rings (SSSR count). The first-order valence-electron chi connectivity index (χ1n) is 4.64. The first-order valence-corrected chi connectivity index (χ1v) is 6.53. The van der Waals surface area contributed by atoms with Crippen molar-refractivity contribution in [3.8, 4) is 5.75 Å². The van der Waals surface area contributed by atoms with E-state index < -0.39 is 21.8 Å². The van der Waals surface area contributed by atoms with Crippen molar-refractivity contribution in [2.24, 2.45) is 5.73 Å². The van der Waals surface area contributed by atoms with Gasteiger partial charge in [0.25, 0.3) is 0 Å². The van der Waals surface area contributed by atoms with Gasteiger partial charge in [-0.3, -0.25) is 4.79 Å². The minimum Gasteiger partial charge on any atom is -0.496 e. The van der Waals surface area contributed by atoms with Crippen LogP contribution in [0.1, 0.15) is 11.6 Å². The number of benzene rings is 1. The summed E-state index contributed by atoms with van der Waals surface area (Å²) in [6.45, 7) is 0. The smallest absolute Gasteiger partial charge is 0.325 e. The highest BCUT2D eigenvalue weighted by Crippen LogP contribution is 2.30. The second kappa shape index (κ2) is 4.72. The zero-order valence-electron chi connectivity index (χ0n) is 9.38. The van der Waals surface area contributed by atoms with Crippen LogP contribution in [0.5, 0.6) is 5.75 Å². The highest BCUT2D eigenvalue weighted by atomic mass is 32.2. The maximum Gasteiger partial charge on any atom is 0.325 e. The Bertz CT molecular complexity index is 538. The molecule has 0 bridgehead atoms. The molecule has 0 amide bonds. The summed E-state index contributed by atoms with van der Waals surface area (Å²) >= 11 is 0. The van der Waals surface area contributed by atoms with Crippen LogP contribution in [0, 0.1) is 0 Å². The van der Waals surface area contributed by atoms with Gasteiger partial charge in [-0.05, 0) is 12.1 Å². The molecule has 0 saturated carbocycles. The Balaban J connectivity index is 3.58. The zero-order valence-corrected chi connectivity index (χ0v) is 10.2. The van der Waals surface area contributed by atoms with Gasteiger partial charge in [0, 0.05) is 11.8 Å². The molecule has 0 aliphatic carbocycles. The van der Waals surface area contributed by atoms with Gasteiger partial charge in [-0.2, -0.15) is 0 Å². The standard InChI is InChI=1S/C10H13NO5S/c1-16-6-4-3-5-7(17(2,14)15)8(6)9(11)10(12)13/h3-5,9H,11H2,1-2H3,(H,12,13). The van der Waals surface area contributed by atoms with Crippen LogP contribution in [0.3, 0.4) is 0 Å². The van der Waals surface area contributed by atoms with Crippen LogP contribution in [0.25, 0.3) is 0 Å². The third-order valence-corrected chi connectivity index (χ3v) is 3.38. The Labute approximate surface area is 98.9 Å². The molecule has 0 aliphatic rings. The number of rotatable bonds is 4. The summed E-state index contributed by atoms with van der Waals surface area (Å²) in [5.41, 5.74) is 5.43. The van der Waals surface area contributed by atoms with Crippen LogP contribution in [0.2, 0.25) is 0 Å². The number of sulfone groups is 1. The molecule has 17 heavy (non-hydrogen) atoms. The lowest BCUT2D eigenvalue weighted by molar-refractivity contribution is -0.138. The summed E-state index contributed by atoms with van der Waals surface area (Å²) in [4.78, 5) is 10.7. The molecule has 6 nitrogen and oxygen atoms in total. The SMILES string of the molecule is COc1cccc(S(C)(=O)=O)c1C(N)C(=O)O. The minimum atomic E-state index is -3.57. The first kappa shape index (κ1) is 13.5. The number of carbonyl (C=O) groups is 1.